The summed E-state index contributed by atoms with van der Waals surface area (Å²) in [5.41, 5.74) is 5.29. The van der Waals surface area contributed by atoms with Gasteiger partial charge in [-0.15, -0.1) is 0 Å². The molecule has 1 fully saturated rings. The molecule has 5 nitrogen and oxygen atoms in total. The van der Waals surface area contributed by atoms with Crippen molar-refractivity contribution in [3.63, 3.8) is 0 Å². The van der Waals surface area contributed by atoms with Gasteiger partial charge in [-0.1, -0.05) is 19.3 Å². The first kappa shape index (κ1) is 14.3. The molecule has 1 saturated carbocycles. The molecule has 17 heavy (non-hydrogen) atoms. The molecule has 0 heterocycles. The monoisotopic (exact) mass is 243 g/mol. The summed E-state index contributed by atoms with van der Waals surface area (Å²) in [6, 6.07) is 0.327. The molecule has 0 aromatic rings. The second kappa shape index (κ2) is 9.24. The Morgan fingerprint density at radius 2 is 2.00 bits per heavy atom. The standard InChI is InChI=1S/C12H25N3O2/c13-7-10-17-9-4-8-14-12(16)15-11-5-2-1-3-6-11/h11H,1-10,13H2,(H2,14,15,16). The Kier molecular flexibility index (Phi) is 7.75. The van der Waals surface area contributed by atoms with E-state index in [-0.39, 0.29) is 6.03 Å². The van der Waals surface area contributed by atoms with Crippen molar-refractivity contribution in [2.24, 2.45) is 5.73 Å². The average Bonchev–Trinajstić information content (AvgIpc) is 2.35. The molecule has 1 rings (SSSR count). The summed E-state index contributed by atoms with van der Waals surface area (Å²) in [4.78, 5) is 11.5. The lowest BCUT2D eigenvalue weighted by molar-refractivity contribution is 0.139. The van der Waals surface area contributed by atoms with Gasteiger partial charge in [-0.3, -0.25) is 0 Å². The molecule has 0 radical (unpaired) electrons. The summed E-state index contributed by atoms with van der Waals surface area (Å²) in [6.07, 6.45) is 6.84. The number of amides is 2. The van der Waals surface area contributed by atoms with Crippen molar-refractivity contribution >= 4 is 6.03 Å². The maximum absolute atomic E-state index is 11.5. The molecule has 0 aliphatic heterocycles. The van der Waals surface area contributed by atoms with Crippen LogP contribution in [-0.2, 0) is 4.74 Å². The van der Waals surface area contributed by atoms with Crippen LogP contribution in [0.5, 0.6) is 0 Å². The Morgan fingerprint density at radius 3 is 2.71 bits per heavy atom. The number of rotatable bonds is 7. The number of hydrogen-bond donors (Lipinski definition) is 3. The highest BCUT2D eigenvalue weighted by molar-refractivity contribution is 5.74. The van der Waals surface area contributed by atoms with Gasteiger partial charge in [-0.05, 0) is 19.3 Å². The lowest BCUT2D eigenvalue weighted by Gasteiger charge is -2.22. The molecular formula is C12H25N3O2. The van der Waals surface area contributed by atoms with Crippen LogP contribution in [-0.4, -0.2) is 38.4 Å². The van der Waals surface area contributed by atoms with Crippen LogP contribution < -0.4 is 16.4 Å². The summed E-state index contributed by atoms with van der Waals surface area (Å²) < 4.78 is 5.22. The minimum absolute atomic E-state index is 0.0456. The Bertz CT molecular complexity index is 206. The molecule has 100 valence electrons. The molecule has 1 aliphatic rings. The topological polar surface area (TPSA) is 76.4 Å². The van der Waals surface area contributed by atoms with Crippen molar-refractivity contribution in [1.29, 1.82) is 0 Å². The highest BCUT2D eigenvalue weighted by Crippen LogP contribution is 2.16. The largest absolute Gasteiger partial charge is 0.380 e. The molecule has 0 bridgehead atoms. The number of ether oxygens (including phenoxy) is 1. The van der Waals surface area contributed by atoms with E-state index in [1.165, 1.54) is 19.3 Å². The zero-order chi connectivity index (χ0) is 12.3. The highest BCUT2D eigenvalue weighted by Gasteiger charge is 2.14. The minimum Gasteiger partial charge on any atom is -0.380 e. The van der Waals surface area contributed by atoms with Crippen LogP contribution in [0.15, 0.2) is 0 Å². The van der Waals surface area contributed by atoms with Gasteiger partial charge >= 0.3 is 6.03 Å². The van der Waals surface area contributed by atoms with Crippen LogP contribution in [0.1, 0.15) is 38.5 Å². The number of carbonyl (C=O) groups is 1. The summed E-state index contributed by atoms with van der Waals surface area (Å²) >= 11 is 0. The van der Waals surface area contributed by atoms with Crippen molar-refractivity contribution in [1.82, 2.24) is 10.6 Å². The second-order valence-corrected chi connectivity index (χ2v) is 4.49. The van der Waals surface area contributed by atoms with E-state index in [1.54, 1.807) is 0 Å². The Balaban J connectivity index is 1.93. The van der Waals surface area contributed by atoms with Gasteiger partial charge in [-0.25, -0.2) is 4.79 Å². The van der Waals surface area contributed by atoms with Gasteiger partial charge < -0.3 is 21.1 Å². The van der Waals surface area contributed by atoms with E-state index in [1.807, 2.05) is 0 Å². The molecule has 2 amide bonds. The van der Waals surface area contributed by atoms with Crippen molar-refractivity contribution in [3.05, 3.63) is 0 Å². The Hall–Kier alpha value is -0.810. The summed E-state index contributed by atoms with van der Waals surface area (Å²) in [7, 11) is 0. The zero-order valence-corrected chi connectivity index (χ0v) is 10.5. The van der Waals surface area contributed by atoms with E-state index >= 15 is 0 Å². The van der Waals surface area contributed by atoms with Crippen LogP contribution in [0, 0.1) is 0 Å². The maximum Gasteiger partial charge on any atom is 0.315 e. The Morgan fingerprint density at radius 1 is 1.24 bits per heavy atom. The van der Waals surface area contributed by atoms with Gasteiger partial charge in [0.25, 0.3) is 0 Å². The van der Waals surface area contributed by atoms with Gasteiger partial charge in [0.1, 0.15) is 0 Å². The van der Waals surface area contributed by atoms with E-state index in [4.69, 9.17) is 10.5 Å². The normalized spacial score (nSPS) is 16.8. The van der Waals surface area contributed by atoms with E-state index in [0.717, 1.165) is 19.3 Å². The molecule has 0 spiro atoms. The molecule has 0 saturated heterocycles. The predicted octanol–water partition coefficient (Wildman–Crippen LogP) is 0.984. The lowest BCUT2D eigenvalue weighted by atomic mass is 9.96. The highest BCUT2D eigenvalue weighted by atomic mass is 16.5. The molecule has 1 aliphatic carbocycles. The molecule has 0 unspecified atom stereocenters. The van der Waals surface area contributed by atoms with E-state index in [9.17, 15) is 4.79 Å². The van der Waals surface area contributed by atoms with Crippen molar-refractivity contribution < 1.29 is 9.53 Å². The number of hydrogen-bond acceptors (Lipinski definition) is 3. The third kappa shape index (κ3) is 7.18. The van der Waals surface area contributed by atoms with Gasteiger partial charge in [0.2, 0.25) is 0 Å². The lowest BCUT2D eigenvalue weighted by Crippen LogP contribution is -2.43. The van der Waals surface area contributed by atoms with Crippen molar-refractivity contribution in [2.75, 3.05) is 26.3 Å². The maximum atomic E-state index is 11.5. The third-order valence-corrected chi connectivity index (χ3v) is 2.95. The van der Waals surface area contributed by atoms with E-state index < -0.39 is 0 Å². The zero-order valence-electron chi connectivity index (χ0n) is 10.5. The quantitative estimate of drug-likeness (QED) is 0.583. The third-order valence-electron chi connectivity index (χ3n) is 2.95. The van der Waals surface area contributed by atoms with Crippen molar-refractivity contribution in [3.8, 4) is 0 Å². The van der Waals surface area contributed by atoms with Crippen LogP contribution in [0.4, 0.5) is 4.79 Å². The molecular weight excluding hydrogens is 218 g/mol. The van der Waals surface area contributed by atoms with E-state index in [0.29, 0.717) is 32.3 Å². The van der Waals surface area contributed by atoms with Gasteiger partial charge in [0.05, 0.1) is 6.61 Å². The first-order valence-electron chi connectivity index (χ1n) is 6.65. The average molecular weight is 243 g/mol. The van der Waals surface area contributed by atoms with E-state index in [2.05, 4.69) is 10.6 Å². The summed E-state index contributed by atoms with van der Waals surface area (Å²) in [5.74, 6) is 0. The predicted molar refractivity (Wildman–Crippen MR) is 67.9 cm³/mol. The molecule has 4 N–H and O–H groups in total. The molecule has 0 atom stereocenters. The fraction of sp³-hybridized carbons (Fsp3) is 0.917. The second-order valence-electron chi connectivity index (χ2n) is 4.49. The van der Waals surface area contributed by atoms with Crippen molar-refractivity contribution in [2.45, 2.75) is 44.6 Å². The molecule has 0 aromatic carbocycles. The van der Waals surface area contributed by atoms with Crippen LogP contribution in [0.25, 0.3) is 0 Å². The van der Waals surface area contributed by atoms with Gasteiger partial charge in [0, 0.05) is 25.7 Å². The number of nitrogens with one attached hydrogen (secondary N) is 2. The van der Waals surface area contributed by atoms with Gasteiger partial charge in [-0.2, -0.15) is 0 Å². The Labute approximate surface area is 103 Å². The fourth-order valence-corrected chi connectivity index (χ4v) is 2.04. The minimum atomic E-state index is -0.0456. The van der Waals surface area contributed by atoms with Crippen LogP contribution in [0.3, 0.4) is 0 Å². The fourth-order valence-electron chi connectivity index (χ4n) is 2.04. The summed E-state index contributed by atoms with van der Waals surface area (Å²) in [6.45, 7) is 2.45. The SMILES string of the molecule is NCCOCCCNC(=O)NC1CCCCC1. The smallest absolute Gasteiger partial charge is 0.315 e. The number of carbonyl (C=O) groups excluding carboxylic acids is 1. The first-order valence-corrected chi connectivity index (χ1v) is 6.65. The molecule has 5 heteroatoms. The number of nitrogens with two attached hydrogens (primary N) is 1. The first-order chi connectivity index (χ1) is 8.33. The van der Waals surface area contributed by atoms with Gasteiger partial charge in [0.15, 0.2) is 0 Å². The van der Waals surface area contributed by atoms with Crippen LogP contribution >= 0.6 is 0 Å². The van der Waals surface area contributed by atoms with Crippen LogP contribution in [0.2, 0.25) is 0 Å². The number of urea groups is 1. The molecule has 0 aromatic heterocycles. The summed E-state index contributed by atoms with van der Waals surface area (Å²) in [5, 5.41) is 5.86.